The van der Waals surface area contributed by atoms with E-state index < -0.39 is 11.0 Å². The number of hydrogen-bond donors (Lipinski definition) is 2. The molecule has 0 amide bonds. The topological polar surface area (TPSA) is 92.5 Å². The van der Waals surface area contributed by atoms with Crippen molar-refractivity contribution in [2.45, 2.75) is 13.0 Å². The van der Waals surface area contributed by atoms with Crippen LogP contribution in [0.5, 0.6) is 0 Å². The van der Waals surface area contributed by atoms with Gasteiger partial charge in [-0.3, -0.25) is 14.9 Å². The molecular weight excluding hydrogens is 212 g/mol. The number of aliphatic hydroxyl groups is 1. The molecule has 0 heterocycles. The average molecular weight is 224 g/mol. The molecule has 0 fully saturated rings. The van der Waals surface area contributed by atoms with E-state index in [1.165, 1.54) is 18.2 Å². The van der Waals surface area contributed by atoms with Crippen molar-refractivity contribution < 1.29 is 14.8 Å². The summed E-state index contributed by atoms with van der Waals surface area (Å²) < 4.78 is 0. The van der Waals surface area contributed by atoms with Crippen LogP contribution < -0.4 is 5.32 Å². The molecular formula is C10H12N2O4. The standard InChI is InChI=1S/C10H12N2O4/c1-7(14)5-11-9-3-2-8(6-13)4-10(9)12(15)16/h2-4,6-7,11,14H,5H2,1H3. The molecule has 6 nitrogen and oxygen atoms in total. The number of nitrogens with one attached hydrogen (secondary N) is 1. The summed E-state index contributed by atoms with van der Waals surface area (Å²) in [6.07, 6.45) is -0.0591. The molecule has 1 aromatic carbocycles. The van der Waals surface area contributed by atoms with Gasteiger partial charge in [-0.25, -0.2) is 0 Å². The van der Waals surface area contributed by atoms with Crippen LogP contribution in [-0.2, 0) is 0 Å². The fraction of sp³-hybridized carbons (Fsp3) is 0.300. The first kappa shape index (κ1) is 12.1. The minimum Gasteiger partial charge on any atom is -0.392 e. The quantitative estimate of drug-likeness (QED) is 0.445. The lowest BCUT2D eigenvalue weighted by atomic mass is 10.2. The lowest BCUT2D eigenvalue weighted by Gasteiger charge is -2.08. The summed E-state index contributed by atoms with van der Waals surface area (Å²) in [5, 5.41) is 22.5. The lowest BCUT2D eigenvalue weighted by Crippen LogP contribution is -2.16. The smallest absolute Gasteiger partial charge is 0.293 e. The van der Waals surface area contributed by atoms with Crippen LogP contribution in [0.25, 0.3) is 0 Å². The highest BCUT2D eigenvalue weighted by molar-refractivity contribution is 5.79. The summed E-state index contributed by atoms with van der Waals surface area (Å²) >= 11 is 0. The number of benzene rings is 1. The van der Waals surface area contributed by atoms with Gasteiger partial charge in [-0.2, -0.15) is 0 Å². The molecule has 1 aromatic rings. The maximum absolute atomic E-state index is 10.7. The summed E-state index contributed by atoms with van der Waals surface area (Å²) in [7, 11) is 0. The molecule has 0 saturated heterocycles. The predicted molar refractivity (Wildman–Crippen MR) is 58.7 cm³/mol. The van der Waals surface area contributed by atoms with Gasteiger partial charge in [0.15, 0.2) is 0 Å². The maximum Gasteiger partial charge on any atom is 0.293 e. The Hall–Kier alpha value is -1.95. The molecule has 0 aliphatic carbocycles. The third-order valence-electron chi connectivity index (χ3n) is 1.94. The molecule has 0 aliphatic heterocycles. The van der Waals surface area contributed by atoms with E-state index in [-0.39, 0.29) is 23.5 Å². The number of nitrogens with zero attached hydrogens (tertiary/aromatic N) is 1. The van der Waals surface area contributed by atoms with E-state index >= 15 is 0 Å². The summed E-state index contributed by atoms with van der Waals surface area (Å²) in [6, 6.07) is 4.12. The van der Waals surface area contributed by atoms with E-state index in [0.717, 1.165) is 0 Å². The summed E-state index contributed by atoms with van der Waals surface area (Å²) in [6.45, 7) is 1.78. The van der Waals surface area contributed by atoms with Crippen LogP contribution in [0.15, 0.2) is 18.2 Å². The minimum atomic E-state index is -0.606. The van der Waals surface area contributed by atoms with Gasteiger partial charge in [0.05, 0.1) is 11.0 Å². The number of aliphatic hydroxyl groups excluding tert-OH is 1. The molecule has 0 spiro atoms. The molecule has 2 N–H and O–H groups in total. The lowest BCUT2D eigenvalue weighted by molar-refractivity contribution is -0.384. The number of aldehydes is 1. The van der Waals surface area contributed by atoms with Crippen LogP contribution in [0.4, 0.5) is 11.4 Å². The predicted octanol–water partition coefficient (Wildman–Crippen LogP) is 1.20. The molecule has 1 rings (SSSR count). The highest BCUT2D eigenvalue weighted by Gasteiger charge is 2.14. The highest BCUT2D eigenvalue weighted by Crippen LogP contribution is 2.24. The van der Waals surface area contributed by atoms with Crippen molar-refractivity contribution in [2.24, 2.45) is 0 Å². The second kappa shape index (κ2) is 5.22. The SMILES string of the molecule is CC(O)CNc1ccc(C=O)cc1[N+](=O)[O-]. The molecule has 1 atom stereocenters. The van der Waals surface area contributed by atoms with E-state index in [2.05, 4.69) is 5.32 Å². The van der Waals surface area contributed by atoms with Gasteiger partial charge in [-0.1, -0.05) is 0 Å². The molecule has 0 radical (unpaired) electrons. The van der Waals surface area contributed by atoms with Crippen LogP contribution in [0, 0.1) is 10.1 Å². The maximum atomic E-state index is 10.7. The normalized spacial score (nSPS) is 11.9. The van der Waals surface area contributed by atoms with E-state index in [1.807, 2.05) is 0 Å². The average Bonchev–Trinajstić information content (AvgIpc) is 2.25. The van der Waals surface area contributed by atoms with Crippen LogP contribution in [-0.4, -0.2) is 29.0 Å². The number of carbonyl (C=O) groups is 1. The second-order valence-corrected chi connectivity index (χ2v) is 3.38. The summed E-state index contributed by atoms with van der Waals surface area (Å²) in [5.74, 6) is 0. The molecule has 0 bridgehead atoms. The van der Waals surface area contributed by atoms with Crippen molar-refractivity contribution >= 4 is 17.7 Å². The van der Waals surface area contributed by atoms with Crippen molar-refractivity contribution in [1.82, 2.24) is 0 Å². The van der Waals surface area contributed by atoms with Crippen molar-refractivity contribution in [1.29, 1.82) is 0 Å². The Morgan fingerprint density at radius 1 is 1.62 bits per heavy atom. The monoisotopic (exact) mass is 224 g/mol. The zero-order valence-corrected chi connectivity index (χ0v) is 8.71. The Kier molecular flexibility index (Phi) is 3.96. The van der Waals surface area contributed by atoms with E-state index in [9.17, 15) is 14.9 Å². The van der Waals surface area contributed by atoms with Crippen LogP contribution >= 0.6 is 0 Å². The van der Waals surface area contributed by atoms with Gasteiger partial charge < -0.3 is 10.4 Å². The van der Waals surface area contributed by atoms with Crippen LogP contribution in [0.2, 0.25) is 0 Å². The minimum absolute atomic E-state index is 0.176. The molecule has 16 heavy (non-hydrogen) atoms. The molecule has 0 aromatic heterocycles. The zero-order valence-electron chi connectivity index (χ0n) is 8.71. The highest BCUT2D eigenvalue weighted by atomic mass is 16.6. The number of nitro benzene ring substituents is 1. The fourth-order valence-corrected chi connectivity index (χ4v) is 1.18. The number of nitro groups is 1. The van der Waals surface area contributed by atoms with E-state index in [4.69, 9.17) is 5.11 Å². The number of anilines is 1. The molecule has 6 heteroatoms. The number of rotatable bonds is 5. The summed E-state index contributed by atoms with van der Waals surface area (Å²) in [4.78, 5) is 20.6. The van der Waals surface area contributed by atoms with Gasteiger partial charge >= 0.3 is 0 Å². The molecule has 0 aliphatic rings. The van der Waals surface area contributed by atoms with Crippen LogP contribution in [0.3, 0.4) is 0 Å². The van der Waals surface area contributed by atoms with Gasteiger partial charge in [0.25, 0.3) is 5.69 Å². The third kappa shape index (κ3) is 3.03. The Bertz CT molecular complexity index is 404. The van der Waals surface area contributed by atoms with Crippen molar-refractivity contribution in [3.8, 4) is 0 Å². The second-order valence-electron chi connectivity index (χ2n) is 3.38. The fourth-order valence-electron chi connectivity index (χ4n) is 1.18. The van der Waals surface area contributed by atoms with Gasteiger partial charge in [-0.15, -0.1) is 0 Å². The first-order valence-electron chi connectivity index (χ1n) is 4.70. The molecule has 0 saturated carbocycles. The summed E-state index contributed by atoms with van der Waals surface area (Å²) in [5.41, 5.74) is 0.357. The zero-order chi connectivity index (χ0) is 12.1. The van der Waals surface area contributed by atoms with Crippen molar-refractivity contribution in [3.63, 3.8) is 0 Å². The Balaban J connectivity index is 2.98. The van der Waals surface area contributed by atoms with Gasteiger partial charge in [0, 0.05) is 18.2 Å². The first-order chi connectivity index (χ1) is 7.54. The van der Waals surface area contributed by atoms with E-state index in [1.54, 1.807) is 6.92 Å². The van der Waals surface area contributed by atoms with Gasteiger partial charge in [0.2, 0.25) is 0 Å². The van der Waals surface area contributed by atoms with Crippen LogP contribution in [0.1, 0.15) is 17.3 Å². The Morgan fingerprint density at radius 2 is 2.31 bits per heavy atom. The molecule has 86 valence electrons. The van der Waals surface area contributed by atoms with E-state index in [0.29, 0.717) is 6.29 Å². The third-order valence-corrected chi connectivity index (χ3v) is 1.94. The molecule has 1 unspecified atom stereocenters. The van der Waals surface area contributed by atoms with Crippen molar-refractivity contribution in [2.75, 3.05) is 11.9 Å². The Labute approximate surface area is 92.0 Å². The van der Waals surface area contributed by atoms with Gasteiger partial charge in [0.1, 0.15) is 12.0 Å². The number of carbonyl (C=O) groups excluding carboxylic acids is 1. The van der Waals surface area contributed by atoms with Crippen molar-refractivity contribution in [3.05, 3.63) is 33.9 Å². The Morgan fingerprint density at radius 3 is 2.81 bits per heavy atom. The number of hydrogen-bond acceptors (Lipinski definition) is 5. The largest absolute Gasteiger partial charge is 0.392 e. The first-order valence-corrected chi connectivity index (χ1v) is 4.70. The van der Waals surface area contributed by atoms with Gasteiger partial charge in [-0.05, 0) is 19.1 Å².